The van der Waals surface area contributed by atoms with Crippen LogP contribution in [0.2, 0.25) is 0 Å². The van der Waals surface area contributed by atoms with Crippen LogP contribution in [0.25, 0.3) is 97.1 Å². The van der Waals surface area contributed by atoms with Crippen molar-refractivity contribution in [3.05, 3.63) is 216 Å². The quantitative estimate of drug-likeness (QED) is 0.164. The van der Waals surface area contributed by atoms with Gasteiger partial charge in [0.2, 0.25) is 0 Å². The van der Waals surface area contributed by atoms with Gasteiger partial charge in [0.25, 0.3) is 0 Å². The summed E-state index contributed by atoms with van der Waals surface area (Å²) in [6.07, 6.45) is 3.78. The van der Waals surface area contributed by atoms with E-state index in [-0.39, 0.29) is 6.04 Å². The highest BCUT2D eigenvalue weighted by molar-refractivity contribution is 7.26. The van der Waals surface area contributed by atoms with Crippen LogP contribution in [0.15, 0.2) is 209 Å². The lowest BCUT2D eigenvalue weighted by molar-refractivity contribution is 0.618. The van der Waals surface area contributed by atoms with E-state index < -0.39 is 0 Å². The maximum absolute atomic E-state index is 6.37. The molecule has 1 unspecified atom stereocenters. The maximum Gasteiger partial charge on any atom is 0.135 e. The predicted octanol–water partition coefficient (Wildman–Crippen LogP) is 17.4. The van der Waals surface area contributed by atoms with E-state index in [1.165, 1.54) is 91.8 Å². The fourth-order valence-electron chi connectivity index (χ4n) is 10.8. The molecule has 1 aliphatic rings. The summed E-state index contributed by atoms with van der Waals surface area (Å²) in [6.45, 7) is 2.32. The van der Waals surface area contributed by atoms with Crippen LogP contribution >= 0.6 is 11.3 Å². The number of thiophene rings is 1. The Hall–Kier alpha value is -7.53. The van der Waals surface area contributed by atoms with Crippen molar-refractivity contribution in [1.82, 2.24) is 4.57 Å². The van der Waals surface area contributed by atoms with Gasteiger partial charge in [-0.3, -0.25) is 4.99 Å². The van der Waals surface area contributed by atoms with Gasteiger partial charge in [-0.05, 0) is 124 Å². The first-order valence-corrected chi connectivity index (χ1v) is 23.7. The minimum Gasteiger partial charge on any atom is -0.456 e. The Labute approximate surface area is 381 Å². The lowest BCUT2D eigenvalue weighted by atomic mass is 9.84. The molecule has 1 aliphatic heterocycles. The number of allylic oxidation sites excluding steroid dienone is 2. The summed E-state index contributed by atoms with van der Waals surface area (Å²) in [5.41, 5.74) is 15.4. The summed E-state index contributed by atoms with van der Waals surface area (Å²) in [7, 11) is 0. The van der Waals surface area contributed by atoms with E-state index in [1.54, 1.807) is 0 Å². The molecule has 3 nitrogen and oxygen atoms in total. The normalized spacial score (nSPS) is 16.8. The van der Waals surface area contributed by atoms with Gasteiger partial charge in [-0.1, -0.05) is 146 Å². The summed E-state index contributed by atoms with van der Waals surface area (Å²) in [5.74, 6) is 0. The number of para-hydroxylation sites is 2. The van der Waals surface area contributed by atoms with Gasteiger partial charge in [0, 0.05) is 42.6 Å². The standard InChI is InChI=1S/C61H44N2OS/c1-2-44-45(22-14-23-52(40-29-27-39(28-30-40)38-15-4-3-5-16-38)62-60(44)43-31-34-57-51(36-43)47-20-9-12-25-56(47)64-57)48-32-33-54(61-59(48)49-21-10-13-26-58(49)65-61)63-53-24-11-8-19-46(53)50-35-41-17-6-7-18-42(41)37-55(50)63/h3-13,15-21,24-37,52H,2,14,22-23H2,1H3/b45-44+,62-60-. The van der Waals surface area contributed by atoms with E-state index in [4.69, 9.17) is 9.41 Å². The number of hydrogen-bond donors (Lipinski definition) is 0. The monoisotopic (exact) mass is 852 g/mol. The Kier molecular flexibility index (Phi) is 8.95. The minimum absolute atomic E-state index is 0.0190. The highest BCUT2D eigenvalue weighted by atomic mass is 32.1. The molecule has 0 amide bonds. The maximum atomic E-state index is 6.37. The molecule has 12 aromatic rings. The van der Waals surface area contributed by atoms with Crippen LogP contribution in [0.4, 0.5) is 0 Å². The van der Waals surface area contributed by atoms with Crippen LogP contribution in [0.5, 0.6) is 0 Å². The average Bonchev–Trinajstić information content (AvgIpc) is 4.03. The first-order valence-electron chi connectivity index (χ1n) is 22.9. The third-order valence-electron chi connectivity index (χ3n) is 13.9. The van der Waals surface area contributed by atoms with Gasteiger partial charge in [0.1, 0.15) is 11.2 Å². The molecule has 1 atom stereocenters. The molecule has 0 aliphatic carbocycles. The molecule has 9 aromatic carbocycles. The molecule has 0 spiro atoms. The molecule has 0 fully saturated rings. The Balaban J connectivity index is 1.05. The molecule has 13 rings (SSSR count). The smallest absolute Gasteiger partial charge is 0.135 e. The fraction of sp³-hybridized carbons (Fsp3) is 0.0984. The average molecular weight is 853 g/mol. The van der Waals surface area contributed by atoms with E-state index in [0.717, 1.165) is 58.9 Å². The molecule has 0 saturated heterocycles. The van der Waals surface area contributed by atoms with Crippen molar-refractivity contribution in [3.63, 3.8) is 0 Å². The van der Waals surface area contributed by atoms with Crippen LogP contribution in [-0.2, 0) is 0 Å². The number of aromatic nitrogens is 1. The molecule has 0 N–H and O–H groups in total. The Morgan fingerprint density at radius 3 is 2.11 bits per heavy atom. The number of rotatable bonds is 6. The van der Waals surface area contributed by atoms with Gasteiger partial charge >= 0.3 is 0 Å². The number of aliphatic imine (C=N–C) groups is 1. The molecular formula is C61H44N2OS. The van der Waals surface area contributed by atoms with Gasteiger partial charge in [-0.2, -0.15) is 0 Å². The number of hydrogen-bond acceptors (Lipinski definition) is 3. The number of furan rings is 1. The SMILES string of the molecule is CCC1=C(\c2ccc(-n3c4ccccc4c4cc5ccccc5cc43)c3sc4ccccc4c23)CCCC(c2ccc(-c3ccccc3)cc2)/N=C\1c1ccc2oc3ccccc3c2c1. The third kappa shape index (κ3) is 6.19. The van der Waals surface area contributed by atoms with Crippen molar-refractivity contribution >= 4 is 97.3 Å². The van der Waals surface area contributed by atoms with E-state index >= 15 is 0 Å². The van der Waals surface area contributed by atoms with Crippen molar-refractivity contribution in [2.45, 2.75) is 38.6 Å². The molecule has 0 saturated carbocycles. The van der Waals surface area contributed by atoms with E-state index in [1.807, 2.05) is 17.4 Å². The van der Waals surface area contributed by atoms with Crippen molar-refractivity contribution < 1.29 is 4.42 Å². The van der Waals surface area contributed by atoms with Crippen molar-refractivity contribution in [2.24, 2.45) is 4.99 Å². The zero-order valence-electron chi connectivity index (χ0n) is 36.1. The lowest BCUT2D eigenvalue weighted by Crippen LogP contribution is -2.13. The Bertz CT molecular complexity index is 3900. The van der Waals surface area contributed by atoms with Crippen molar-refractivity contribution in [2.75, 3.05) is 0 Å². The minimum atomic E-state index is 0.0190. The van der Waals surface area contributed by atoms with Crippen LogP contribution < -0.4 is 0 Å². The molecule has 310 valence electrons. The number of benzene rings is 9. The zero-order chi connectivity index (χ0) is 43.0. The summed E-state index contributed by atoms with van der Waals surface area (Å²) >= 11 is 1.92. The topological polar surface area (TPSA) is 30.4 Å². The van der Waals surface area contributed by atoms with Gasteiger partial charge in [-0.25, -0.2) is 0 Å². The van der Waals surface area contributed by atoms with Gasteiger partial charge in [0.05, 0.1) is 33.2 Å². The predicted molar refractivity (Wildman–Crippen MR) is 277 cm³/mol. The van der Waals surface area contributed by atoms with Crippen molar-refractivity contribution in [3.8, 4) is 16.8 Å². The highest BCUT2D eigenvalue weighted by Crippen LogP contribution is 2.47. The second kappa shape index (κ2) is 15.3. The third-order valence-corrected chi connectivity index (χ3v) is 15.1. The van der Waals surface area contributed by atoms with Gasteiger partial charge in [-0.15, -0.1) is 11.3 Å². The summed E-state index contributed by atoms with van der Waals surface area (Å²) < 4.78 is 11.5. The van der Waals surface area contributed by atoms with Gasteiger partial charge < -0.3 is 8.98 Å². The van der Waals surface area contributed by atoms with E-state index in [0.29, 0.717) is 0 Å². The highest BCUT2D eigenvalue weighted by Gasteiger charge is 2.26. The van der Waals surface area contributed by atoms with E-state index in [2.05, 4.69) is 200 Å². The molecular weight excluding hydrogens is 809 g/mol. The molecule has 0 radical (unpaired) electrons. The first-order chi connectivity index (χ1) is 32.2. The Morgan fingerprint density at radius 1 is 0.569 bits per heavy atom. The molecule has 0 bridgehead atoms. The largest absolute Gasteiger partial charge is 0.456 e. The van der Waals surface area contributed by atoms with Crippen LogP contribution in [0.3, 0.4) is 0 Å². The summed E-state index contributed by atoms with van der Waals surface area (Å²) in [6, 6.07) is 71.2. The van der Waals surface area contributed by atoms with E-state index in [9.17, 15) is 0 Å². The van der Waals surface area contributed by atoms with Gasteiger partial charge in [0.15, 0.2) is 0 Å². The molecule has 4 heterocycles. The summed E-state index contributed by atoms with van der Waals surface area (Å²) in [4.78, 5) is 5.89. The molecule has 4 heteroatoms. The van der Waals surface area contributed by atoms with Crippen LogP contribution in [-0.4, -0.2) is 10.3 Å². The lowest BCUT2D eigenvalue weighted by Gasteiger charge is -2.25. The second-order valence-corrected chi connectivity index (χ2v) is 18.5. The number of nitrogens with zero attached hydrogens (tertiary/aromatic N) is 2. The fourth-order valence-corrected chi connectivity index (χ4v) is 12.0. The van der Waals surface area contributed by atoms with Crippen LogP contribution in [0.1, 0.15) is 55.3 Å². The molecule has 65 heavy (non-hydrogen) atoms. The number of fused-ring (bicyclic) bond motifs is 10. The first kappa shape index (κ1) is 38.0. The second-order valence-electron chi connectivity index (χ2n) is 17.5. The summed E-state index contributed by atoms with van der Waals surface area (Å²) in [5, 5.41) is 9.96. The zero-order valence-corrected chi connectivity index (χ0v) is 36.9. The van der Waals surface area contributed by atoms with Crippen LogP contribution in [0, 0.1) is 0 Å². The van der Waals surface area contributed by atoms with Crippen molar-refractivity contribution in [1.29, 1.82) is 0 Å². The molecule has 3 aromatic heterocycles. The Morgan fingerprint density at radius 2 is 1.26 bits per heavy atom.